The van der Waals surface area contributed by atoms with E-state index < -0.39 is 5.82 Å². The summed E-state index contributed by atoms with van der Waals surface area (Å²) in [5.41, 5.74) is 0.740. The highest BCUT2D eigenvalue weighted by Crippen LogP contribution is 2.22. The van der Waals surface area contributed by atoms with E-state index in [1.54, 1.807) is 24.3 Å². The maximum absolute atomic E-state index is 13.4. The fraction of sp³-hybridized carbons (Fsp3) is 0.526. The lowest BCUT2D eigenvalue weighted by atomic mass is 9.92. The van der Waals surface area contributed by atoms with Crippen LogP contribution in [0.4, 0.5) is 4.39 Å². The summed E-state index contributed by atoms with van der Waals surface area (Å²) in [5, 5.41) is 0. The van der Waals surface area contributed by atoms with E-state index in [9.17, 15) is 9.18 Å². The van der Waals surface area contributed by atoms with Gasteiger partial charge in [-0.2, -0.15) is 0 Å². The van der Waals surface area contributed by atoms with Gasteiger partial charge in [0.2, 0.25) is 5.91 Å². The van der Waals surface area contributed by atoms with E-state index >= 15 is 0 Å². The molecule has 1 aliphatic heterocycles. The summed E-state index contributed by atoms with van der Waals surface area (Å²) in [6, 6.07) is 4.81. The van der Waals surface area contributed by atoms with Crippen LogP contribution in [0.5, 0.6) is 5.75 Å². The van der Waals surface area contributed by atoms with E-state index in [-0.39, 0.29) is 17.7 Å². The van der Waals surface area contributed by atoms with Gasteiger partial charge >= 0.3 is 0 Å². The number of likely N-dealkylation sites (N-methyl/N-ethyl adjacent to an activating group) is 1. The van der Waals surface area contributed by atoms with Crippen LogP contribution < -0.4 is 4.74 Å². The maximum Gasteiger partial charge on any atom is 0.246 e. The van der Waals surface area contributed by atoms with Gasteiger partial charge in [-0.3, -0.25) is 4.79 Å². The molecule has 1 heterocycles. The molecule has 1 fully saturated rings. The monoisotopic (exact) mass is 334 g/mol. The van der Waals surface area contributed by atoms with Gasteiger partial charge in [0.15, 0.2) is 11.6 Å². The number of rotatable bonds is 5. The van der Waals surface area contributed by atoms with Gasteiger partial charge in [0.1, 0.15) is 0 Å². The van der Waals surface area contributed by atoms with E-state index in [1.165, 1.54) is 13.2 Å². The number of hydrogen-bond acceptors (Lipinski definition) is 3. The van der Waals surface area contributed by atoms with Crippen LogP contribution in [0.25, 0.3) is 6.08 Å². The normalized spacial score (nSPS) is 21.9. The van der Waals surface area contributed by atoms with Crippen molar-refractivity contribution in [1.82, 2.24) is 9.80 Å². The molecule has 1 aromatic rings. The number of likely N-dealkylation sites (tertiary alicyclic amines) is 1. The summed E-state index contributed by atoms with van der Waals surface area (Å²) in [4.78, 5) is 16.7. The predicted molar refractivity (Wildman–Crippen MR) is 94.4 cm³/mol. The van der Waals surface area contributed by atoms with E-state index in [4.69, 9.17) is 4.74 Å². The molecular formula is C19H27FN2O2. The fourth-order valence-electron chi connectivity index (χ4n) is 3.31. The lowest BCUT2D eigenvalue weighted by Crippen LogP contribution is -2.50. The summed E-state index contributed by atoms with van der Waals surface area (Å²) in [6.07, 6.45) is 4.24. The van der Waals surface area contributed by atoms with Crippen molar-refractivity contribution in [2.75, 3.05) is 33.8 Å². The van der Waals surface area contributed by atoms with Crippen LogP contribution in [-0.4, -0.2) is 55.5 Å². The number of piperidine rings is 1. The second-order valence-electron chi connectivity index (χ2n) is 6.40. The van der Waals surface area contributed by atoms with E-state index in [1.807, 2.05) is 11.9 Å². The van der Waals surface area contributed by atoms with E-state index in [0.717, 1.165) is 31.6 Å². The van der Waals surface area contributed by atoms with Crippen molar-refractivity contribution in [2.45, 2.75) is 26.3 Å². The standard InChI is InChI=1S/C19H27FN2O2/c1-5-22-11-10-17(14(2)13-22)21(3)19(23)9-7-15-6-8-16(20)18(12-15)24-4/h6-9,12,14,17H,5,10-11,13H2,1-4H3. The molecule has 1 aliphatic rings. The molecule has 132 valence electrons. The molecule has 0 spiro atoms. The Morgan fingerprint density at radius 3 is 2.88 bits per heavy atom. The van der Waals surface area contributed by atoms with Gasteiger partial charge in [-0.25, -0.2) is 4.39 Å². The summed E-state index contributed by atoms with van der Waals surface area (Å²) in [7, 11) is 3.29. The molecule has 4 nitrogen and oxygen atoms in total. The second-order valence-corrected chi connectivity index (χ2v) is 6.40. The minimum Gasteiger partial charge on any atom is -0.494 e. The lowest BCUT2D eigenvalue weighted by molar-refractivity contribution is -0.128. The van der Waals surface area contributed by atoms with Gasteiger partial charge in [-0.1, -0.05) is 19.9 Å². The molecule has 1 amide bonds. The van der Waals surface area contributed by atoms with Crippen molar-refractivity contribution in [3.63, 3.8) is 0 Å². The van der Waals surface area contributed by atoms with Crippen molar-refractivity contribution in [2.24, 2.45) is 5.92 Å². The van der Waals surface area contributed by atoms with Crippen molar-refractivity contribution in [1.29, 1.82) is 0 Å². The molecule has 1 saturated heterocycles. The molecule has 0 aromatic heterocycles. The number of ether oxygens (including phenoxy) is 1. The average molecular weight is 334 g/mol. The van der Waals surface area contributed by atoms with Gasteiger partial charge in [-0.05, 0) is 42.7 Å². The molecule has 2 unspecified atom stereocenters. The van der Waals surface area contributed by atoms with Gasteiger partial charge < -0.3 is 14.5 Å². The number of halogens is 1. The molecule has 0 N–H and O–H groups in total. The first-order valence-corrected chi connectivity index (χ1v) is 8.47. The van der Waals surface area contributed by atoms with Crippen LogP contribution in [0, 0.1) is 11.7 Å². The maximum atomic E-state index is 13.4. The van der Waals surface area contributed by atoms with Crippen LogP contribution in [0.2, 0.25) is 0 Å². The fourth-order valence-corrected chi connectivity index (χ4v) is 3.31. The Balaban J connectivity index is 2.01. The zero-order valence-corrected chi connectivity index (χ0v) is 15.0. The molecule has 0 bridgehead atoms. The van der Waals surface area contributed by atoms with Gasteiger partial charge in [0, 0.05) is 32.3 Å². The number of carbonyl (C=O) groups excluding carboxylic acids is 1. The largest absolute Gasteiger partial charge is 0.494 e. The number of carbonyl (C=O) groups is 1. The first kappa shape index (κ1) is 18.5. The number of nitrogens with zero attached hydrogens (tertiary/aromatic N) is 2. The highest BCUT2D eigenvalue weighted by Gasteiger charge is 2.29. The molecule has 2 atom stereocenters. The molecule has 0 radical (unpaired) electrons. The second kappa shape index (κ2) is 8.29. The summed E-state index contributed by atoms with van der Waals surface area (Å²) in [5.74, 6) is 0.195. The quantitative estimate of drug-likeness (QED) is 0.776. The van der Waals surface area contributed by atoms with Crippen molar-refractivity contribution in [3.8, 4) is 5.75 Å². The molecule has 24 heavy (non-hydrogen) atoms. The smallest absolute Gasteiger partial charge is 0.246 e. The van der Waals surface area contributed by atoms with Crippen LogP contribution >= 0.6 is 0 Å². The van der Waals surface area contributed by atoms with Crippen LogP contribution in [0.15, 0.2) is 24.3 Å². The van der Waals surface area contributed by atoms with Crippen molar-refractivity contribution < 1.29 is 13.9 Å². The number of methoxy groups -OCH3 is 1. The Hall–Kier alpha value is -1.88. The minimum absolute atomic E-state index is 0.0277. The van der Waals surface area contributed by atoms with E-state index in [0.29, 0.717) is 5.92 Å². The molecule has 2 rings (SSSR count). The summed E-state index contributed by atoms with van der Waals surface area (Å²) >= 11 is 0. The molecule has 0 aliphatic carbocycles. The zero-order valence-electron chi connectivity index (χ0n) is 15.0. The Labute approximate surface area is 143 Å². The highest BCUT2D eigenvalue weighted by molar-refractivity contribution is 5.91. The third-order valence-electron chi connectivity index (χ3n) is 4.83. The highest BCUT2D eigenvalue weighted by atomic mass is 19.1. The van der Waals surface area contributed by atoms with Crippen LogP contribution in [0.3, 0.4) is 0 Å². The Kier molecular flexibility index (Phi) is 6.37. The van der Waals surface area contributed by atoms with Crippen molar-refractivity contribution in [3.05, 3.63) is 35.7 Å². The molecule has 0 saturated carbocycles. The Morgan fingerprint density at radius 2 is 2.25 bits per heavy atom. The zero-order chi connectivity index (χ0) is 17.7. The van der Waals surface area contributed by atoms with E-state index in [2.05, 4.69) is 18.7 Å². The van der Waals surface area contributed by atoms with Crippen molar-refractivity contribution >= 4 is 12.0 Å². The topological polar surface area (TPSA) is 32.8 Å². The summed E-state index contributed by atoms with van der Waals surface area (Å²) < 4.78 is 18.4. The van der Waals surface area contributed by atoms with Gasteiger partial charge in [-0.15, -0.1) is 0 Å². The number of hydrogen-bond donors (Lipinski definition) is 0. The molecular weight excluding hydrogens is 307 g/mol. The lowest BCUT2D eigenvalue weighted by Gasteiger charge is -2.40. The Bertz CT molecular complexity index is 603. The predicted octanol–water partition coefficient (Wildman–Crippen LogP) is 3.04. The first-order valence-electron chi connectivity index (χ1n) is 8.47. The first-order chi connectivity index (χ1) is 11.5. The molecule has 1 aromatic carbocycles. The summed E-state index contributed by atoms with van der Waals surface area (Å²) in [6.45, 7) is 7.48. The van der Waals surface area contributed by atoms with Gasteiger partial charge in [0.05, 0.1) is 7.11 Å². The third-order valence-corrected chi connectivity index (χ3v) is 4.83. The molecule has 5 heteroatoms. The van der Waals surface area contributed by atoms with Gasteiger partial charge in [0.25, 0.3) is 0 Å². The third kappa shape index (κ3) is 4.35. The average Bonchev–Trinajstić information content (AvgIpc) is 2.59. The number of amides is 1. The Morgan fingerprint density at radius 1 is 1.50 bits per heavy atom. The SMILES string of the molecule is CCN1CCC(N(C)C(=O)C=Cc2ccc(F)c(OC)c2)C(C)C1. The van der Waals surface area contributed by atoms with Crippen LogP contribution in [0.1, 0.15) is 25.8 Å². The minimum atomic E-state index is -0.408. The number of benzene rings is 1. The van der Waals surface area contributed by atoms with Crippen LogP contribution in [-0.2, 0) is 4.79 Å².